The van der Waals surface area contributed by atoms with Gasteiger partial charge in [0.15, 0.2) is 0 Å². The van der Waals surface area contributed by atoms with E-state index in [-0.39, 0.29) is 0 Å². The molecule has 1 amide bonds. The summed E-state index contributed by atoms with van der Waals surface area (Å²) >= 11 is 0. The van der Waals surface area contributed by atoms with Crippen LogP contribution in [0, 0.1) is 0 Å². The molecular formula is C23H21N7O. The number of aromatic nitrogens is 6. The van der Waals surface area contributed by atoms with Crippen LogP contribution in [0.3, 0.4) is 0 Å². The summed E-state index contributed by atoms with van der Waals surface area (Å²) < 4.78 is 4.31. The number of hydrogen-bond donors (Lipinski definition) is 1. The predicted molar refractivity (Wildman–Crippen MR) is 117 cm³/mol. The van der Waals surface area contributed by atoms with Gasteiger partial charge in [0.25, 0.3) is 0 Å². The number of carbonyl (C=O) groups excluding carboxylic acids is 1. The Hall–Kier alpha value is -3.81. The molecule has 2 aliphatic rings. The summed E-state index contributed by atoms with van der Waals surface area (Å²) in [5.41, 5.74) is 11.4. The summed E-state index contributed by atoms with van der Waals surface area (Å²) in [7, 11) is 0. The average Bonchev–Trinajstić information content (AvgIpc) is 3.18. The standard InChI is InChI=1S/C23H21N7O/c24-19(31)8-6-15-16(5-7-17-21(15)26-11-10-25-17)23-22(27-20-2-1-12-29(20)23)18-9-13-30(28-18)14-3-4-14/h5-11,13-14H,1-4,12H2,(H2,24,31)/b8-6+. The van der Waals surface area contributed by atoms with Gasteiger partial charge in [-0.1, -0.05) is 0 Å². The number of imidazole rings is 1. The van der Waals surface area contributed by atoms with Crippen molar-refractivity contribution >= 4 is 23.0 Å². The van der Waals surface area contributed by atoms with Crippen molar-refractivity contribution in [3.05, 3.63) is 54.3 Å². The first-order chi connectivity index (χ1) is 15.2. The topological polar surface area (TPSA) is 105 Å². The molecule has 0 bridgehead atoms. The van der Waals surface area contributed by atoms with Gasteiger partial charge < -0.3 is 10.3 Å². The van der Waals surface area contributed by atoms with Gasteiger partial charge >= 0.3 is 0 Å². The molecule has 1 saturated carbocycles. The van der Waals surface area contributed by atoms with Crippen LogP contribution >= 0.6 is 0 Å². The fourth-order valence-corrected chi connectivity index (χ4v) is 4.38. The minimum Gasteiger partial charge on any atom is -0.366 e. The monoisotopic (exact) mass is 411 g/mol. The second-order valence-corrected chi connectivity index (χ2v) is 8.08. The number of carbonyl (C=O) groups is 1. The van der Waals surface area contributed by atoms with Crippen molar-refractivity contribution in [2.45, 2.75) is 38.3 Å². The van der Waals surface area contributed by atoms with Crippen LogP contribution in [0.4, 0.5) is 0 Å². The predicted octanol–water partition coefficient (Wildman–Crippen LogP) is 3.14. The number of amides is 1. The molecule has 0 unspecified atom stereocenters. The molecule has 3 aromatic heterocycles. The van der Waals surface area contributed by atoms with Crippen molar-refractivity contribution < 1.29 is 4.79 Å². The zero-order valence-corrected chi connectivity index (χ0v) is 16.9. The molecule has 4 aromatic rings. The highest BCUT2D eigenvalue weighted by atomic mass is 16.1. The Kier molecular flexibility index (Phi) is 3.99. The average molecular weight is 411 g/mol. The Bertz CT molecular complexity index is 1360. The summed E-state index contributed by atoms with van der Waals surface area (Å²) in [6, 6.07) is 6.54. The highest BCUT2D eigenvalue weighted by Crippen LogP contribution is 2.40. The smallest absolute Gasteiger partial charge is 0.241 e. The zero-order valence-electron chi connectivity index (χ0n) is 16.9. The summed E-state index contributed by atoms with van der Waals surface area (Å²) in [4.78, 5) is 25.5. The highest BCUT2D eigenvalue weighted by Gasteiger charge is 2.28. The van der Waals surface area contributed by atoms with Crippen molar-refractivity contribution in [1.82, 2.24) is 29.3 Å². The first-order valence-corrected chi connectivity index (χ1v) is 10.6. The van der Waals surface area contributed by atoms with E-state index in [9.17, 15) is 4.79 Å². The molecule has 1 fully saturated rings. The number of primary amides is 1. The van der Waals surface area contributed by atoms with E-state index >= 15 is 0 Å². The number of nitrogens with two attached hydrogens (primary N) is 1. The largest absolute Gasteiger partial charge is 0.366 e. The van der Waals surface area contributed by atoms with Gasteiger partial charge in [0.2, 0.25) is 5.91 Å². The summed E-state index contributed by atoms with van der Waals surface area (Å²) in [6.45, 7) is 0.901. The molecule has 0 atom stereocenters. The zero-order chi connectivity index (χ0) is 20.9. The molecule has 2 N–H and O–H groups in total. The third-order valence-corrected chi connectivity index (χ3v) is 5.95. The minimum absolute atomic E-state index is 0.506. The summed E-state index contributed by atoms with van der Waals surface area (Å²) in [5.74, 6) is 0.559. The van der Waals surface area contributed by atoms with Gasteiger partial charge in [-0.3, -0.25) is 19.4 Å². The lowest BCUT2D eigenvalue weighted by Gasteiger charge is -2.12. The quantitative estimate of drug-likeness (QED) is 0.508. The normalized spacial score (nSPS) is 15.7. The van der Waals surface area contributed by atoms with Crippen LogP contribution in [-0.2, 0) is 17.8 Å². The van der Waals surface area contributed by atoms with Crippen LogP contribution in [0.2, 0.25) is 0 Å². The van der Waals surface area contributed by atoms with Crippen molar-refractivity contribution in [2.75, 3.05) is 0 Å². The molecule has 0 spiro atoms. The number of benzene rings is 1. The van der Waals surface area contributed by atoms with Crippen molar-refractivity contribution in [3.8, 4) is 22.6 Å². The van der Waals surface area contributed by atoms with Gasteiger partial charge in [-0.2, -0.15) is 5.10 Å². The van der Waals surface area contributed by atoms with Crippen LogP contribution < -0.4 is 5.73 Å². The molecule has 8 nitrogen and oxygen atoms in total. The molecule has 0 saturated heterocycles. The van der Waals surface area contributed by atoms with E-state index in [4.69, 9.17) is 15.8 Å². The third kappa shape index (κ3) is 3.02. The van der Waals surface area contributed by atoms with Crippen molar-refractivity contribution in [2.24, 2.45) is 5.73 Å². The van der Waals surface area contributed by atoms with Gasteiger partial charge in [-0.05, 0) is 43.5 Å². The number of nitrogens with zero attached hydrogens (tertiary/aromatic N) is 6. The number of fused-ring (bicyclic) bond motifs is 2. The maximum Gasteiger partial charge on any atom is 0.241 e. The summed E-state index contributed by atoms with van der Waals surface area (Å²) in [6.07, 6.45) is 12.8. The van der Waals surface area contributed by atoms with Crippen LogP contribution in [0.1, 0.15) is 36.7 Å². The van der Waals surface area contributed by atoms with Gasteiger partial charge in [-0.15, -0.1) is 0 Å². The molecule has 31 heavy (non-hydrogen) atoms. The fourth-order valence-electron chi connectivity index (χ4n) is 4.38. The van der Waals surface area contributed by atoms with Gasteiger partial charge in [-0.25, -0.2) is 4.98 Å². The molecule has 1 aliphatic heterocycles. The van der Waals surface area contributed by atoms with E-state index in [1.807, 2.05) is 29.1 Å². The van der Waals surface area contributed by atoms with E-state index in [0.29, 0.717) is 6.04 Å². The molecule has 6 rings (SSSR count). The second kappa shape index (κ2) is 6.87. The maximum atomic E-state index is 11.5. The van der Waals surface area contributed by atoms with Crippen molar-refractivity contribution in [1.29, 1.82) is 0 Å². The SMILES string of the molecule is NC(=O)/C=C/c1c(-c2c(-c3ccn(C4CC4)n3)nc3n2CCC3)ccc2nccnc12. The van der Waals surface area contributed by atoms with E-state index in [2.05, 4.69) is 14.5 Å². The Morgan fingerprint density at radius 3 is 2.87 bits per heavy atom. The van der Waals surface area contributed by atoms with E-state index < -0.39 is 5.91 Å². The van der Waals surface area contributed by atoms with Gasteiger partial charge in [0.1, 0.15) is 17.2 Å². The first kappa shape index (κ1) is 18.0. The molecule has 0 radical (unpaired) electrons. The molecule has 4 heterocycles. The third-order valence-electron chi connectivity index (χ3n) is 5.95. The number of aryl methyl sites for hydroxylation is 1. The van der Waals surface area contributed by atoms with E-state index in [0.717, 1.165) is 64.5 Å². The van der Waals surface area contributed by atoms with Gasteiger partial charge in [0, 0.05) is 48.8 Å². The molecular weight excluding hydrogens is 390 g/mol. The molecule has 1 aliphatic carbocycles. The highest BCUT2D eigenvalue weighted by molar-refractivity contribution is 5.99. The van der Waals surface area contributed by atoms with E-state index in [1.165, 1.54) is 18.9 Å². The van der Waals surface area contributed by atoms with Crippen LogP contribution in [0.5, 0.6) is 0 Å². The minimum atomic E-state index is -0.506. The second-order valence-electron chi connectivity index (χ2n) is 8.08. The van der Waals surface area contributed by atoms with Crippen LogP contribution in [-0.4, -0.2) is 35.2 Å². The van der Waals surface area contributed by atoms with E-state index in [1.54, 1.807) is 18.5 Å². The van der Waals surface area contributed by atoms with Crippen LogP contribution in [0.25, 0.3) is 39.8 Å². The molecule has 8 heteroatoms. The fraction of sp³-hybridized carbons (Fsp3) is 0.261. The Morgan fingerprint density at radius 2 is 2.03 bits per heavy atom. The summed E-state index contributed by atoms with van der Waals surface area (Å²) in [5, 5.41) is 4.83. The lowest BCUT2D eigenvalue weighted by molar-refractivity contribution is -0.113. The lowest BCUT2D eigenvalue weighted by Crippen LogP contribution is -2.05. The molecule has 1 aromatic carbocycles. The Labute approximate surface area is 178 Å². The number of hydrogen-bond acceptors (Lipinski definition) is 5. The number of rotatable bonds is 5. The lowest BCUT2D eigenvalue weighted by atomic mass is 9.99. The maximum absolute atomic E-state index is 11.5. The van der Waals surface area contributed by atoms with Crippen LogP contribution in [0.15, 0.2) is 42.9 Å². The Balaban J connectivity index is 1.60. The van der Waals surface area contributed by atoms with Gasteiger partial charge in [0.05, 0.1) is 22.8 Å². The first-order valence-electron chi connectivity index (χ1n) is 10.6. The Morgan fingerprint density at radius 1 is 1.16 bits per heavy atom. The van der Waals surface area contributed by atoms with Crippen molar-refractivity contribution in [3.63, 3.8) is 0 Å². The molecule has 154 valence electrons.